The Morgan fingerprint density at radius 1 is 1.11 bits per heavy atom. The normalized spacial score (nSPS) is 16.9. The number of likely N-dealkylation sites (tertiary alicyclic amines) is 1. The van der Waals surface area contributed by atoms with Gasteiger partial charge in [0.2, 0.25) is 0 Å². The van der Waals surface area contributed by atoms with Gasteiger partial charge in [0.05, 0.1) is 11.8 Å². The van der Waals surface area contributed by atoms with Crippen LogP contribution >= 0.6 is 11.3 Å². The van der Waals surface area contributed by atoms with Gasteiger partial charge in [-0.1, -0.05) is 18.2 Å². The van der Waals surface area contributed by atoms with Gasteiger partial charge in [0.1, 0.15) is 16.3 Å². The highest BCUT2D eigenvalue weighted by Crippen LogP contribution is 2.34. The fraction of sp³-hybridized carbons (Fsp3) is 0.393. The Kier molecular flexibility index (Phi) is 6.57. The number of amides is 2. The first kappa shape index (κ1) is 24.5. The van der Waals surface area contributed by atoms with E-state index in [2.05, 4.69) is 22.7 Å². The third-order valence-corrected chi connectivity index (χ3v) is 8.42. The number of hydrogen-bond donors (Lipinski definition) is 2. The molecule has 6 rings (SSSR count). The molecule has 9 nitrogen and oxygen atoms in total. The summed E-state index contributed by atoms with van der Waals surface area (Å²) in [4.78, 5) is 38.6. The van der Waals surface area contributed by atoms with E-state index in [1.165, 1.54) is 12.8 Å². The summed E-state index contributed by atoms with van der Waals surface area (Å²) >= 11 is 1.57. The maximum atomic E-state index is 13.6. The van der Waals surface area contributed by atoms with E-state index in [-0.39, 0.29) is 23.9 Å². The smallest absolute Gasteiger partial charge is 0.272 e. The van der Waals surface area contributed by atoms with Crippen LogP contribution in [0.1, 0.15) is 59.0 Å². The zero-order chi connectivity index (χ0) is 26.2. The van der Waals surface area contributed by atoms with Crippen LogP contribution in [0.15, 0.2) is 48.1 Å². The minimum absolute atomic E-state index is 0.0308. The van der Waals surface area contributed by atoms with E-state index in [0.29, 0.717) is 54.7 Å². The van der Waals surface area contributed by atoms with Crippen molar-refractivity contribution in [2.24, 2.45) is 5.92 Å². The lowest BCUT2D eigenvalue weighted by Gasteiger charge is -2.32. The van der Waals surface area contributed by atoms with E-state index in [4.69, 9.17) is 9.97 Å². The molecule has 10 heteroatoms. The van der Waals surface area contributed by atoms with Crippen LogP contribution in [-0.2, 0) is 0 Å². The van der Waals surface area contributed by atoms with E-state index in [1.54, 1.807) is 28.1 Å². The Balaban J connectivity index is 1.19. The lowest BCUT2D eigenvalue weighted by atomic mass is 10.0. The number of piperidine rings is 1. The van der Waals surface area contributed by atoms with Gasteiger partial charge in [-0.05, 0) is 57.1 Å². The van der Waals surface area contributed by atoms with E-state index in [0.717, 1.165) is 16.0 Å². The fourth-order valence-corrected chi connectivity index (χ4v) is 5.85. The number of hydrogen-bond acceptors (Lipinski definition) is 7. The summed E-state index contributed by atoms with van der Waals surface area (Å²) < 4.78 is 1.80. The summed E-state index contributed by atoms with van der Waals surface area (Å²) in [6.07, 6.45) is 7.48. The van der Waals surface area contributed by atoms with Crippen molar-refractivity contribution >= 4 is 33.8 Å². The molecule has 2 fully saturated rings. The predicted molar refractivity (Wildman–Crippen MR) is 147 cm³/mol. The number of rotatable bonds is 7. The summed E-state index contributed by atoms with van der Waals surface area (Å²) in [5.74, 6) is 1.62. The number of nitrogens with one attached hydrogen (secondary N) is 2. The maximum absolute atomic E-state index is 13.6. The number of aromatic nitrogens is 4. The van der Waals surface area contributed by atoms with Gasteiger partial charge in [0, 0.05) is 48.4 Å². The van der Waals surface area contributed by atoms with Gasteiger partial charge in [-0.3, -0.25) is 9.59 Å². The van der Waals surface area contributed by atoms with Crippen molar-refractivity contribution in [3.8, 4) is 11.4 Å². The van der Waals surface area contributed by atoms with Crippen molar-refractivity contribution in [3.63, 3.8) is 0 Å². The van der Waals surface area contributed by atoms with E-state index < -0.39 is 0 Å². The average molecular weight is 530 g/mol. The van der Waals surface area contributed by atoms with E-state index in [9.17, 15) is 9.59 Å². The molecule has 38 heavy (non-hydrogen) atoms. The number of benzene rings is 1. The number of carbonyl (C=O) groups is 2. The molecule has 2 aliphatic rings. The molecule has 3 aromatic heterocycles. The van der Waals surface area contributed by atoms with Crippen molar-refractivity contribution in [2.75, 3.05) is 18.4 Å². The third-order valence-electron chi connectivity index (χ3n) is 7.53. The van der Waals surface area contributed by atoms with Crippen LogP contribution in [0, 0.1) is 12.8 Å². The second kappa shape index (κ2) is 10.2. The Morgan fingerprint density at radius 2 is 1.89 bits per heavy atom. The highest BCUT2D eigenvalue weighted by Gasteiger charge is 2.30. The summed E-state index contributed by atoms with van der Waals surface area (Å²) in [6.45, 7) is 5.21. The minimum Gasteiger partial charge on any atom is -0.367 e. The monoisotopic (exact) mass is 529 g/mol. The molecule has 196 valence electrons. The molecule has 1 saturated heterocycles. The molecule has 4 heterocycles. The molecular weight excluding hydrogens is 498 g/mol. The molecule has 1 aromatic carbocycles. The molecule has 1 aliphatic carbocycles. The summed E-state index contributed by atoms with van der Waals surface area (Å²) in [5, 5.41) is 13.0. The number of fused-ring (bicyclic) bond motifs is 1. The molecule has 2 N–H and O–H groups in total. The van der Waals surface area contributed by atoms with Gasteiger partial charge in [0.15, 0.2) is 5.82 Å². The van der Waals surface area contributed by atoms with Gasteiger partial charge >= 0.3 is 0 Å². The van der Waals surface area contributed by atoms with Gasteiger partial charge in [-0.15, -0.1) is 11.3 Å². The molecular formula is C28H31N7O2S. The zero-order valence-corrected chi connectivity index (χ0v) is 22.4. The predicted octanol–water partition coefficient (Wildman–Crippen LogP) is 4.41. The van der Waals surface area contributed by atoms with Gasteiger partial charge in [0.25, 0.3) is 11.8 Å². The van der Waals surface area contributed by atoms with Crippen LogP contribution < -0.4 is 10.6 Å². The topological polar surface area (TPSA) is 105 Å². The zero-order valence-electron chi connectivity index (χ0n) is 21.6. The SMILES string of the molecule is Cc1ccccc1C(=O)NC1CCN(C(=O)c2cc(N[C@@H](C)C3CC3)nc(-c3cnn4ccsc34)n2)CC1. The lowest BCUT2D eigenvalue weighted by Crippen LogP contribution is -2.46. The Labute approximate surface area is 225 Å². The Morgan fingerprint density at radius 3 is 2.66 bits per heavy atom. The van der Waals surface area contributed by atoms with Crippen molar-refractivity contribution in [1.29, 1.82) is 0 Å². The van der Waals surface area contributed by atoms with Crippen LogP contribution in [0.5, 0.6) is 0 Å². The van der Waals surface area contributed by atoms with Gasteiger partial charge in [-0.25, -0.2) is 14.5 Å². The van der Waals surface area contributed by atoms with E-state index in [1.807, 2.05) is 47.7 Å². The molecule has 0 spiro atoms. The maximum Gasteiger partial charge on any atom is 0.272 e. The number of thiazole rings is 1. The van der Waals surface area contributed by atoms with Gasteiger partial charge < -0.3 is 15.5 Å². The first-order chi connectivity index (χ1) is 18.5. The average Bonchev–Trinajstić information content (AvgIpc) is 3.55. The number of anilines is 1. The molecule has 1 atom stereocenters. The van der Waals surface area contributed by atoms with Crippen LogP contribution in [0.4, 0.5) is 5.82 Å². The molecule has 2 amide bonds. The third kappa shape index (κ3) is 5.00. The molecule has 0 radical (unpaired) electrons. The fourth-order valence-electron chi connectivity index (χ4n) is 5.06. The summed E-state index contributed by atoms with van der Waals surface area (Å²) in [6, 6.07) is 9.67. The first-order valence-electron chi connectivity index (χ1n) is 13.2. The number of nitrogens with zero attached hydrogens (tertiary/aromatic N) is 5. The Bertz CT molecular complexity index is 1480. The van der Waals surface area contributed by atoms with Crippen LogP contribution in [0.3, 0.4) is 0 Å². The summed E-state index contributed by atoms with van der Waals surface area (Å²) in [7, 11) is 0. The first-order valence-corrected chi connectivity index (χ1v) is 14.1. The summed E-state index contributed by atoms with van der Waals surface area (Å²) in [5.41, 5.74) is 2.84. The van der Waals surface area contributed by atoms with E-state index >= 15 is 0 Å². The Hall–Kier alpha value is -3.79. The standard InChI is InChI=1S/C28H31N7O2S/c1-17-5-3-4-6-21(17)26(36)31-20-9-11-34(12-10-20)27(37)23-15-24(30-18(2)19-7-8-19)33-25(32-23)22-16-29-35-13-14-38-28(22)35/h3-6,13-16,18-20H,7-12H2,1-2H3,(H,31,36)(H,30,32,33)/t18-/m0/s1. The van der Waals surface area contributed by atoms with Crippen molar-refractivity contribution in [3.05, 3.63) is 64.9 Å². The van der Waals surface area contributed by atoms with Crippen molar-refractivity contribution in [1.82, 2.24) is 29.8 Å². The quantitative estimate of drug-likeness (QED) is 0.368. The van der Waals surface area contributed by atoms with Crippen molar-refractivity contribution in [2.45, 2.75) is 51.6 Å². The number of aryl methyl sites for hydroxylation is 1. The van der Waals surface area contributed by atoms with Crippen LogP contribution in [-0.4, -0.2) is 61.5 Å². The highest BCUT2D eigenvalue weighted by atomic mass is 32.1. The second-order valence-corrected chi connectivity index (χ2v) is 11.2. The van der Waals surface area contributed by atoms with Crippen molar-refractivity contribution < 1.29 is 9.59 Å². The van der Waals surface area contributed by atoms with Crippen LogP contribution in [0.2, 0.25) is 0 Å². The highest BCUT2D eigenvalue weighted by molar-refractivity contribution is 7.16. The second-order valence-electron chi connectivity index (χ2n) is 10.3. The largest absolute Gasteiger partial charge is 0.367 e. The molecule has 0 unspecified atom stereocenters. The molecule has 1 aliphatic heterocycles. The molecule has 4 aromatic rings. The minimum atomic E-state index is -0.117. The number of carbonyl (C=O) groups excluding carboxylic acids is 2. The van der Waals surface area contributed by atoms with Gasteiger partial charge in [-0.2, -0.15) is 5.10 Å². The molecule has 1 saturated carbocycles. The molecule has 0 bridgehead atoms. The van der Waals surface area contributed by atoms with Crippen LogP contribution in [0.25, 0.3) is 16.2 Å². The lowest BCUT2D eigenvalue weighted by molar-refractivity contribution is 0.0692.